The number of aliphatic carboxylic acids is 1. The molecule has 3 rings (SSSR count). The van der Waals surface area contributed by atoms with E-state index in [1.165, 1.54) is 12.1 Å². The van der Waals surface area contributed by atoms with Crippen LogP contribution in [-0.2, 0) is 28.7 Å². The van der Waals surface area contributed by atoms with Gasteiger partial charge < -0.3 is 14.4 Å². The maximum absolute atomic E-state index is 12.8. The number of carboxylic acid groups (broad SMARTS) is 1. The third-order valence-electron chi connectivity index (χ3n) is 4.62. The van der Waals surface area contributed by atoms with E-state index in [9.17, 15) is 23.1 Å². The zero-order valence-electron chi connectivity index (χ0n) is 16.1. The Kier molecular flexibility index (Phi) is 5.98. The summed E-state index contributed by atoms with van der Waals surface area (Å²) in [6.45, 7) is 3.94. The molecule has 1 atom stereocenters. The first-order valence-electron chi connectivity index (χ1n) is 9.26. The van der Waals surface area contributed by atoms with E-state index in [1.54, 1.807) is 13.8 Å². The number of ether oxygens (including phenoxy) is 1. The average Bonchev–Trinajstić information content (AvgIpc) is 2.98. The molecule has 1 N–H and O–H groups in total. The van der Waals surface area contributed by atoms with Gasteiger partial charge in [-0.3, -0.25) is 0 Å². The zero-order valence-corrected chi connectivity index (χ0v) is 16.1. The Morgan fingerprint density at radius 1 is 1.10 bits per heavy atom. The highest BCUT2D eigenvalue weighted by Gasteiger charge is 2.30. The van der Waals surface area contributed by atoms with Gasteiger partial charge >= 0.3 is 12.1 Å². The first-order valence-corrected chi connectivity index (χ1v) is 9.26. The molecular formula is C22H22F3NO3. The van der Waals surface area contributed by atoms with Gasteiger partial charge in [-0.05, 0) is 43.2 Å². The van der Waals surface area contributed by atoms with Crippen molar-refractivity contribution in [3.63, 3.8) is 0 Å². The van der Waals surface area contributed by atoms with E-state index in [0.717, 1.165) is 34.2 Å². The normalized spacial score (nSPS) is 13.2. The summed E-state index contributed by atoms with van der Waals surface area (Å²) in [5.41, 5.74) is 1.74. The highest BCUT2D eigenvalue weighted by atomic mass is 19.4. The van der Waals surface area contributed by atoms with Crippen molar-refractivity contribution in [1.29, 1.82) is 0 Å². The highest BCUT2D eigenvalue weighted by molar-refractivity contribution is 5.85. The van der Waals surface area contributed by atoms with Gasteiger partial charge in [0.2, 0.25) is 0 Å². The zero-order chi connectivity index (χ0) is 21.2. The molecular weight excluding hydrogens is 383 g/mol. The number of alkyl halides is 3. The van der Waals surface area contributed by atoms with Crippen LogP contribution in [0.4, 0.5) is 13.2 Å². The SMILES string of the molecule is CC(C)OC(Cc1cn(Cc2ccc(C(F)(F)F)cc2)c2ccccc12)C(=O)O. The fraction of sp³-hybridized carbons (Fsp3) is 0.318. The first-order chi connectivity index (χ1) is 13.6. The second kappa shape index (κ2) is 8.29. The van der Waals surface area contributed by atoms with Gasteiger partial charge in [0.1, 0.15) is 0 Å². The Balaban J connectivity index is 1.90. The summed E-state index contributed by atoms with van der Waals surface area (Å²) in [6, 6.07) is 12.6. The number of benzene rings is 2. The van der Waals surface area contributed by atoms with Crippen LogP contribution in [0.3, 0.4) is 0 Å². The molecule has 7 heteroatoms. The monoisotopic (exact) mass is 405 g/mol. The molecule has 1 aromatic heterocycles. The highest BCUT2D eigenvalue weighted by Crippen LogP contribution is 2.30. The van der Waals surface area contributed by atoms with Crippen molar-refractivity contribution in [3.8, 4) is 0 Å². The third kappa shape index (κ3) is 4.98. The molecule has 0 spiro atoms. The van der Waals surface area contributed by atoms with Crippen molar-refractivity contribution < 1.29 is 27.8 Å². The van der Waals surface area contributed by atoms with Gasteiger partial charge in [0.25, 0.3) is 0 Å². The lowest BCUT2D eigenvalue weighted by molar-refractivity contribution is -0.153. The molecule has 0 amide bonds. The predicted octanol–water partition coefficient (Wildman–Crippen LogP) is 5.13. The van der Waals surface area contributed by atoms with Gasteiger partial charge in [0.15, 0.2) is 6.10 Å². The molecule has 0 saturated carbocycles. The first kappa shape index (κ1) is 20.9. The molecule has 0 aliphatic rings. The van der Waals surface area contributed by atoms with Gasteiger partial charge in [0, 0.05) is 30.1 Å². The second-order valence-electron chi connectivity index (χ2n) is 7.21. The molecule has 0 bridgehead atoms. The maximum Gasteiger partial charge on any atom is 0.416 e. The number of hydrogen-bond donors (Lipinski definition) is 1. The summed E-state index contributed by atoms with van der Waals surface area (Å²) in [7, 11) is 0. The van der Waals surface area contributed by atoms with Gasteiger partial charge in [-0.25, -0.2) is 4.79 Å². The number of carbonyl (C=O) groups is 1. The Hall–Kier alpha value is -2.80. The molecule has 29 heavy (non-hydrogen) atoms. The lowest BCUT2D eigenvalue weighted by Crippen LogP contribution is -2.29. The molecule has 1 heterocycles. The lowest BCUT2D eigenvalue weighted by Gasteiger charge is -2.16. The smallest absolute Gasteiger partial charge is 0.416 e. The Morgan fingerprint density at radius 2 is 1.76 bits per heavy atom. The minimum Gasteiger partial charge on any atom is -0.479 e. The average molecular weight is 405 g/mol. The van der Waals surface area contributed by atoms with Crippen molar-refractivity contribution in [2.45, 2.75) is 45.2 Å². The van der Waals surface area contributed by atoms with Crippen LogP contribution in [0.25, 0.3) is 10.9 Å². The second-order valence-corrected chi connectivity index (χ2v) is 7.21. The van der Waals surface area contributed by atoms with Crippen LogP contribution in [0, 0.1) is 0 Å². The molecule has 0 aliphatic carbocycles. The molecule has 154 valence electrons. The van der Waals surface area contributed by atoms with Gasteiger partial charge in [0.05, 0.1) is 11.7 Å². The Bertz CT molecular complexity index is 991. The van der Waals surface area contributed by atoms with Crippen LogP contribution in [0.2, 0.25) is 0 Å². The van der Waals surface area contributed by atoms with Crippen molar-refractivity contribution >= 4 is 16.9 Å². The van der Waals surface area contributed by atoms with E-state index in [4.69, 9.17) is 4.74 Å². The summed E-state index contributed by atoms with van der Waals surface area (Å²) < 4.78 is 45.8. The third-order valence-corrected chi connectivity index (χ3v) is 4.62. The van der Waals surface area contributed by atoms with Crippen LogP contribution in [0.15, 0.2) is 54.7 Å². The predicted molar refractivity (Wildman–Crippen MR) is 104 cm³/mol. The van der Waals surface area contributed by atoms with E-state index >= 15 is 0 Å². The molecule has 4 nitrogen and oxygen atoms in total. The molecule has 0 radical (unpaired) electrons. The quantitative estimate of drug-likeness (QED) is 0.593. The summed E-state index contributed by atoms with van der Waals surface area (Å²) in [5.74, 6) is -1.03. The number of nitrogens with zero attached hydrogens (tertiary/aromatic N) is 1. The van der Waals surface area contributed by atoms with Crippen molar-refractivity contribution in [1.82, 2.24) is 4.57 Å². The van der Waals surface area contributed by atoms with Gasteiger partial charge in [-0.2, -0.15) is 13.2 Å². The minimum atomic E-state index is -4.37. The van der Waals surface area contributed by atoms with E-state index < -0.39 is 23.8 Å². The molecule has 1 unspecified atom stereocenters. The number of aromatic nitrogens is 1. The van der Waals surface area contributed by atoms with E-state index in [2.05, 4.69) is 0 Å². The van der Waals surface area contributed by atoms with Crippen LogP contribution in [0.5, 0.6) is 0 Å². The number of rotatable bonds is 7. The maximum atomic E-state index is 12.8. The molecule has 0 saturated heterocycles. The van der Waals surface area contributed by atoms with E-state index in [-0.39, 0.29) is 12.5 Å². The fourth-order valence-electron chi connectivity index (χ4n) is 3.33. The van der Waals surface area contributed by atoms with E-state index in [1.807, 2.05) is 35.0 Å². The number of fused-ring (bicyclic) bond motifs is 1. The molecule has 3 aromatic rings. The van der Waals surface area contributed by atoms with Crippen LogP contribution < -0.4 is 0 Å². The summed E-state index contributed by atoms with van der Waals surface area (Å²) in [5, 5.41) is 10.4. The summed E-state index contributed by atoms with van der Waals surface area (Å²) in [4.78, 5) is 11.6. The summed E-state index contributed by atoms with van der Waals surface area (Å²) >= 11 is 0. The number of para-hydroxylation sites is 1. The topological polar surface area (TPSA) is 51.5 Å². The Morgan fingerprint density at radius 3 is 2.34 bits per heavy atom. The van der Waals surface area contributed by atoms with Crippen LogP contribution >= 0.6 is 0 Å². The fourth-order valence-corrected chi connectivity index (χ4v) is 3.33. The number of carboxylic acids is 1. The summed E-state index contributed by atoms with van der Waals surface area (Å²) in [6.07, 6.45) is -3.51. The minimum absolute atomic E-state index is 0.202. The number of hydrogen-bond acceptors (Lipinski definition) is 2. The van der Waals surface area contributed by atoms with Gasteiger partial charge in [-0.15, -0.1) is 0 Å². The van der Waals surface area contributed by atoms with Crippen molar-refractivity contribution in [2.24, 2.45) is 0 Å². The van der Waals surface area contributed by atoms with E-state index in [0.29, 0.717) is 6.54 Å². The van der Waals surface area contributed by atoms with Crippen molar-refractivity contribution in [3.05, 3.63) is 71.4 Å². The van der Waals surface area contributed by atoms with Gasteiger partial charge in [-0.1, -0.05) is 30.3 Å². The van der Waals surface area contributed by atoms with Crippen molar-refractivity contribution in [2.75, 3.05) is 0 Å². The molecule has 0 fully saturated rings. The molecule has 2 aromatic carbocycles. The van der Waals surface area contributed by atoms with Crippen LogP contribution in [-0.4, -0.2) is 27.9 Å². The number of halogens is 3. The molecule has 0 aliphatic heterocycles. The lowest BCUT2D eigenvalue weighted by atomic mass is 10.1. The standard InChI is InChI=1S/C22H22F3NO3/c1-14(2)29-20(21(27)28)11-16-13-26(19-6-4-3-5-18(16)19)12-15-7-9-17(10-8-15)22(23,24)25/h3-10,13-14,20H,11-12H2,1-2H3,(H,27,28). The Labute approximate surface area is 166 Å². The van der Waals surface area contributed by atoms with Crippen LogP contribution in [0.1, 0.15) is 30.5 Å². The largest absolute Gasteiger partial charge is 0.479 e.